The number of hydrogen-bond acceptors (Lipinski definition) is 4. The number of ether oxygens (including phenoxy) is 1. The summed E-state index contributed by atoms with van der Waals surface area (Å²) in [6.07, 6.45) is 4.58. The fraction of sp³-hybridized carbons (Fsp3) is 0.579. The van der Waals surface area contributed by atoms with Crippen molar-refractivity contribution in [1.82, 2.24) is 0 Å². The first kappa shape index (κ1) is 21.1. The normalized spacial score (nSPS) is 30.6. The van der Waals surface area contributed by atoms with Crippen LogP contribution in [0.15, 0.2) is 47.6 Å². The molecular weight excluding hydrogens is 328 g/mol. The second-order valence-electron chi connectivity index (χ2n) is 6.39. The fourth-order valence-corrected chi connectivity index (χ4v) is 2.71. The van der Waals surface area contributed by atoms with Gasteiger partial charge < -0.3 is 20.1 Å². The third kappa shape index (κ3) is 6.19. The van der Waals surface area contributed by atoms with Crippen molar-refractivity contribution in [1.29, 1.82) is 0 Å². The summed E-state index contributed by atoms with van der Waals surface area (Å²) in [5.41, 5.74) is 2.73. The lowest BCUT2D eigenvalue weighted by molar-refractivity contribution is -0.175. The molecule has 5 heteroatoms. The van der Waals surface area contributed by atoms with E-state index >= 15 is 0 Å². The van der Waals surface area contributed by atoms with Gasteiger partial charge in [0.05, 0.1) is 6.61 Å². The minimum absolute atomic E-state index is 0.0340. The highest BCUT2D eigenvalue weighted by Crippen LogP contribution is 2.24. The number of halogens is 1. The minimum Gasteiger partial charge on any atom is -0.388 e. The molecule has 0 aromatic heterocycles. The number of alkyl halides is 1. The van der Waals surface area contributed by atoms with Crippen LogP contribution in [-0.4, -0.2) is 52.2 Å². The molecule has 1 heterocycles. The second-order valence-corrected chi connectivity index (χ2v) is 6.65. The summed E-state index contributed by atoms with van der Waals surface area (Å²) in [5.74, 6) is 0.663. The second kappa shape index (κ2) is 10.2. The monoisotopic (exact) mass is 356 g/mol. The van der Waals surface area contributed by atoms with Crippen LogP contribution in [0.5, 0.6) is 0 Å². The molecule has 0 unspecified atom stereocenters. The summed E-state index contributed by atoms with van der Waals surface area (Å²) in [4.78, 5) is 0. The third-order valence-electron chi connectivity index (χ3n) is 4.15. The molecule has 1 aliphatic rings. The molecule has 1 fully saturated rings. The summed E-state index contributed by atoms with van der Waals surface area (Å²) >= 11 is 6.04. The quantitative estimate of drug-likeness (QED) is 0.484. The van der Waals surface area contributed by atoms with Gasteiger partial charge in [0.1, 0.15) is 24.4 Å². The largest absolute Gasteiger partial charge is 0.388 e. The molecule has 136 valence electrons. The molecule has 24 heavy (non-hydrogen) atoms. The molecule has 0 bridgehead atoms. The van der Waals surface area contributed by atoms with E-state index in [0.717, 1.165) is 12.0 Å². The zero-order valence-corrected chi connectivity index (χ0v) is 15.4. The molecule has 1 rings (SSSR count). The van der Waals surface area contributed by atoms with E-state index in [2.05, 4.69) is 25.7 Å². The van der Waals surface area contributed by atoms with Crippen molar-refractivity contribution in [2.24, 2.45) is 5.92 Å². The lowest BCUT2D eigenvalue weighted by Gasteiger charge is -2.35. The fourth-order valence-electron chi connectivity index (χ4n) is 2.52. The summed E-state index contributed by atoms with van der Waals surface area (Å²) in [5, 5.41) is 29.3. The predicted octanol–water partition coefficient (Wildman–Crippen LogP) is 2.74. The van der Waals surface area contributed by atoms with Gasteiger partial charge in [0.2, 0.25) is 0 Å². The van der Waals surface area contributed by atoms with Gasteiger partial charge in [0.15, 0.2) is 0 Å². The van der Waals surface area contributed by atoms with Gasteiger partial charge in [0.25, 0.3) is 0 Å². The summed E-state index contributed by atoms with van der Waals surface area (Å²) < 4.78 is 5.41. The molecule has 1 saturated heterocycles. The number of hydrogen-bond donors (Lipinski definition) is 3. The van der Waals surface area contributed by atoms with Gasteiger partial charge in [-0.3, -0.25) is 0 Å². The van der Waals surface area contributed by atoms with Gasteiger partial charge in [-0.2, -0.15) is 0 Å². The van der Waals surface area contributed by atoms with Gasteiger partial charge in [-0.15, -0.1) is 11.6 Å². The van der Waals surface area contributed by atoms with Crippen molar-refractivity contribution in [3.63, 3.8) is 0 Å². The maximum atomic E-state index is 10.0. The first-order valence-corrected chi connectivity index (χ1v) is 8.74. The predicted molar refractivity (Wildman–Crippen MR) is 98.1 cm³/mol. The van der Waals surface area contributed by atoms with Crippen molar-refractivity contribution >= 4 is 11.6 Å². The highest BCUT2D eigenvalue weighted by molar-refractivity contribution is 6.19. The van der Waals surface area contributed by atoms with Gasteiger partial charge in [0, 0.05) is 5.88 Å². The van der Waals surface area contributed by atoms with Crippen molar-refractivity contribution in [2.75, 3.05) is 12.5 Å². The van der Waals surface area contributed by atoms with Crippen LogP contribution in [0.3, 0.4) is 0 Å². The smallest absolute Gasteiger partial charge is 0.113 e. The van der Waals surface area contributed by atoms with E-state index in [4.69, 9.17) is 16.3 Å². The molecule has 5 atom stereocenters. The van der Waals surface area contributed by atoms with E-state index in [1.54, 1.807) is 0 Å². The number of aliphatic hydroxyl groups is 3. The maximum Gasteiger partial charge on any atom is 0.113 e. The van der Waals surface area contributed by atoms with E-state index in [-0.39, 0.29) is 6.61 Å². The van der Waals surface area contributed by atoms with Crippen LogP contribution in [0.25, 0.3) is 0 Å². The lowest BCUT2D eigenvalue weighted by Crippen LogP contribution is -2.53. The van der Waals surface area contributed by atoms with Gasteiger partial charge in [-0.1, -0.05) is 49.0 Å². The average molecular weight is 357 g/mol. The highest BCUT2D eigenvalue weighted by Gasteiger charge is 2.38. The van der Waals surface area contributed by atoms with Crippen LogP contribution in [0.2, 0.25) is 0 Å². The van der Waals surface area contributed by atoms with Gasteiger partial charge >= 0.3 is 0 Å². The first-order valence-electron chi connectivity index (χ1n) is 8.21. The van der Waals surface area contributed by atoms with Crippen LogP contribution in [0, 0.1) is 5.92 Å². The third-order valence-corrected chi connectivity index (χ3v) is 4.50. The Labute approximate surface area is 149 Å². The van der Waals surface area contributed by atoms with Crippen LogP contribution in [0.4, 0.5) is 0 Å². The molecule has 4 nitrogen and oxygen atoms in total. The molecule has 0 saturated carbocycles. The van der Waals surface area contributed by atoms with Gasteiger partial charge in [-0.25, -0.2) is 0 Å². The molecule has 0 aromatic rings. The lowest BCUT2D eigenvalue weighted by atomic mass is 9.92. The Hall–Kier alpha value is -0.910. The van der Waals surface area contributed by atoms with E-state index in [0.29, 0.717) is 17.4 Å². The molecule has 1 aliphatic heterocycles. The molecule has 0 radical (unpaired) electrons. The van der Waals surface area contributed by atoms with E-state index in [1.807, 2.05) is 26.0 Å². The van der Waals surface area contributed by atoms with E-state index in [1.165, 1.54) is 5.57 Å². The topological polar surface area (TPSA) is 69.9 Å². The van der Waals surface area contributed by atoms with E-state index in [9.17, 15) is 15.3 Å². The Bertz CT molecular complexity index is 509. The molecule has 0 aliphatic carbocycles. The summed E-state index contributed by atoms with van der Waals surface area (Å²) in [7, 11) is 0. The average Bonchev–Trinajstić information content (AvgIpc) is 2.56. The SMILES string of the molecule is C=C(/C=C(\CCl)C[C@@H](C)/C=C\C(C)=C/C)[C@@H]1OC[C@@H](O)[C@H](O)[C@H]1O. The van der Waals surface area contributed by atoms with Crippen molar-refractivity contribution in [3.8, 4) is 0 Å². The Morgan fingerprint density at radius 1 is 1.33 bits per heavy atom. The van der Waals surface area contributed by atoms with Crippen LogP contribution < -0.4 is 0 Å². The Kier molecular flexibility index (Phi) is 8.95. The number of allylic oxidation sites excluding steroid dienone is 5. The van der Waals surface area contributed by atoms with Crippen LogP contribution in [0.1, 0.15) is 27.2 Å². The summed E-state index contributed by atoms with van der Waals surface area (Å²) in [6.45, 7) is 10.0. The van der Waals surface area contributed by atoms with Crippen molar-refractivity contribution in [3.05, 3.63) is 47.6 Å². The number of aliphatic hydroxyl groups excluding tert-OH is 3. The Morgan fingerprint density at radius 3 is 2.58 bits per heavy atom. The summed E-state index contributed by atoms with van der Waals surface area (Å²) in [6, 6.07) is 0. The van der Waals surface area contributed by atoms with Crippen molar-refractivity contribution in [2.45, 2.75) is 51.6 Å². The minimum atomic E-state index is -1.24. The Morgan fingerprint density at radius 2 is 2.00 bits per heavy atom. The highest BCUT2D eigenvalue weighted by atomic mass is 35.5. The molecular formula is C19H29ClO4. The van der Waals surface area contributed by atoms with Crippen molar-refractivity contribution < 1.29 is 20.1 Å². The zero-order chi connectivity index (χ0) is 18.3. The standard InChI is InChI=1S/C19H29ClO4/c1-5-12(2)6-7-13(3)8-15(10-20)9-14(4)19-18(23)17(22)16(21)11-24-19/h5-7,9,13,16-19,21-23H,4,8,10-11H2,1-3H3/b7-6-,12-5-,15-9-/t13-,16+,17-,18+,19-/m0/s1. The van der Waals surface area contributed by atoms with E-state index < -0.39 is 24.4 Å². The molecule has 3 N–H and O–H groups in total. The Balaban J connectivity index is 2.73. The van der Waals surface area contributed by atoms with Crippen LogP contribution >= 0.6 is 11.6 Å². The molecule has 0 aromatic carbocycles. The zero-order valence-electron chi connectivity index (χ0n) is 14.7. The number of rotatable bonds is 7. The maximum absolute atomic E-state index is 10.0. The van der Waals surface area contributed by atoms with Crippen LogP contribution in [-0.2, 0) is 4.74 Å². The first-order chi connectivity index (χ1) is 11.3. The molecule has 0 amide bonds. The molecule has 0 spiro atoms. The van der Waals surface area contributed by atoms with Gasteiger partial charge in [-0.05, 0) is 31.8 Å².